The molecule has 1 aromatic rings. The highest BCUT2D eigenvalue weighted by Gasteiger charge is 2.13. The van der Waals surface area contributed by atoms with Gasteiger partial charge >= 0.3 is 0 Å². The lowest BCUT2D eigenvalue weighted by Gasteiger charge is -2.10. The van der Waals surface area contributed by atoms with Crippen LogP contribution < -0.4 is 0 Å². The zero-order valence-electron chi connectivity index (χ0n) is 9.10. The third-order valence-corrected chi connectivity index (χ3v) is 2.30. The van der Waals surface area contributed by atoms with Crippen molar-refractivity contribution in [3.05, 3.63) is 41.5 Å². The van der Waals surface area contributed by atoms with Crippen molar-refractivity contribution in [2.45, 2.75) is 26.4 Å². The van der Waals surface area contributed by atoms with E-state index in [2.05, 4.69) is 0 Å². The predicted octanol–water partition coefficient (Wildman–Crippen LogP) is 2.43. The topological polar surface area (TPSA) is 37.3 Å². The van der Waals surface area contributed by atoms with Gasteiger partial charge in [-0.15, -0.1) is 0 Å². The number of ketones is 1. The van der Waals surface area contributed by atoms with Crippen LogP contribution >= 0.6 is 0 Å². The summed E-state index contributed by atoms with van der Waals surface area (Å²) >= 11 is 0. The van der Waals surface area contributed by atoms with Crippen LogP contribution in [0.1, 0.15) is 25.8 Å². The van der Waals surface area contributed by atoms with E-state index >= 15 is 0 Å². The van der Waals surface area contributed by atoms with Crippen LogP contribution in [0.2, 0.25) is 0 Å². The Bertz CT molecular complexity index is 352. The van der Waals surface area contributed by atoms with Gasteiger partial charge in [0.25, 0.3) is 0 Å². The van der Waals surface area contributed by atoms with Crippen LogP contribution in [-0.2, 0) is 4.79 Å². The summed E-state index contributed by atoms with van der Waals surface area (Å²) in [7, 11) is 0. The summed E-state index contributed by atoms with van der Waals surface area (Å²) < 4.78 is 0. The number of aliphatic hydroxyl groups excluding tert-OH is 1. The Hall–Kier alpha value is -1.41. The number of Topliss-reactive ketones (excluding diaryl/α,β-unsaturated/α-hetero) is 1. The number of rotatable bonds is 4. The van der Waals surface area contributed by atoms with E-state index in [1.165, 1.54) is 6.92 Å². The Balaban J connectivity index is 2.92. The summed E-state index contributed by atoms with van der Waals surface area (Å²) in [5.74, 6) is -0.209. The lowest BCUT2D eigenvalue weighted by molar-refractivity contribution is -0.123. The van der Waals surface area contributed by atoms with Gasteiger partial charge < -0.3 is 5.11 Å². The van der Waals surface area contributed by atoms with Crippen molar-refractivity contribution in [3.8, 4) is 0 Å². The second kappa shape index (κ2) is 5.47. The lowest BCUT2D eigenvalue weighted by Crippen LogP contribution is -2.19. The molecule has 1 unspecified atom stereocenters. The van der Waals surface area contributed by atoms with E-state index in [4.69, 9.17) is 0 Å². The van der Waals surface area contributed by atoms with E-state index in [9.17, 15) is 9.90 Å². The molecule has 0 aliphatic carbocycles. The monoisotopic (exact) mass is 204 g/mol. The van der Waals surface area contributed by atoms with Crippen LogP contribution in [0.4, 0.5) is 0 Å². The first-order valence-corrected chi connectivity index (χ1v) is 5.09. The number of benzene rings is 1. The molecule has 0 heterocycles. The van der Waals surface area contributed by atoms with Gasteiger partial charge in [-0.2, -0.15) is 0 Å². The molecule has 0 saturated heterocycles. The first-order chi connectivity index (χ1) is 7.15. The molecule has 1 N–H and O–H groups in total. The Morgan fingerprint density at radius 2 is 2.00 bits per heavy atom. The first-order valence-electron chi connectivity index (χ1n) is 5.09. The molecular formula is C13H16O2. The second-order valence-corrected chi connectivity index (χ2v) is 3.50. The number of aliphatic hydroxyl groups is 1. The molecule has 2 nitrogen and oxygen atoms in total. The van der Waals surface area contributed by atoms with Crippen molar-refractivity contribution in [3.63, 3.8) is 0 Å². The van der Waals surface area contributed by atoms with Crippen molar-refractivity contribution in [1.82, 2.24) is 0 Å². The summed E-state index contributed by atoms with van der Waals surface area (Å²) in [5.41, 5.74) is 1.77. The van der Waals surface area contributed by atoms with Crippen molar-refractivity contribution in [2.24, 2.45) is 0 Å². The molecule has 0 fully saturated rings. The zero-order chi connectivity index (χ0) is 11.3. The van der Waals surface area contributed by atoms with Gasteiger partial charge in [-0.25, -0.2) is 0 Å². The molecule has 1 rings (SSSR count). The average molecular weight is 204 g/mol. The SMILES string of the molecule is CCC(=Cc1ccccc1)C(O)C(C)=O. The first kappa shape index (κ1) is 11.7. The van der Waals surface area contributed by atoms with Crippen molar-refractivity contribution < 1.29 is 9.90 Å². The molecule has 1 aromatic carbocycles. The van der Waals surface area contributed by atoms with E-state index in [1.807, 2.05) is 43.3 Å². The van der Waals surface area contributed by atoms with Gasteiger partial charge in [-0.3, -0.25) is 4.79 Å². The van der Waals surface area contributed by atoms with E-state index in [0.29, 0.717) is 6.42 Å². The molecule has 0 aliphatic heterocycles. The number of hydrogen-bond acceptors (Lipinski definition) is 2. The minimum atomic E-state index is -0.963. The number of carbonyl (C=O) groups excluding carboxylic acids is 1. The second-order valence-electron chi connectivity index (χ2n) is 3.50. The normalized spacial score (nSPS) is 13.7. The maximum Gasteiger partial charge on any atom is 0.162 e. The molecular weight excluding hydrogens is 188 g/mol. The molecule has 0 aromatic heterocycles. The molecule has 0 radical (unpaired) electrons. The quantitative estimate of drug-likeness (QED) is 0.817. The Kier molecular flexibility index (Phi) is 4.25. The molecule has 15 heavy (non-hydrogen) atoms. The van der Waals surface area contributed by atoms with E-state index in [0.717, 1.165) is 11.1 Å². The lowest BCUT2D eigenvalue weighted by atomic mass is 10.0. The van der Waals surface area contributed by atoms with Gasteiger partial charge in [-0.05, 0) is 24.5 Å². The van der Waals surface area contributed by atoms with E-state index in [-0.39, 0.29) is 5.78 Å². The molecule has 0 spiro atoms. The fourth-order valence-electron chi connectivity index (χ4n) is 1.40. The van der Waals surface area contributed by atoms with Crippen molar-refractivity contribution in [1.29, 1.82) is 0 Å². The largest absolute Gasteiger partial charge is 0.381 e. The van der Waals surface area contributed by atoms with E-state index < -0.39 is 6.10 Å². The van der Waals surface area contributed by atoms with E-state index in [1.54, 1.807) is 0 Å². The van der Waals surface area contributed by atoms with Gasteiger partial charge in [0.15, 0.2) is 5.78 Å². The molecule has 0 amide bonds. The molecule has 2 heteroatoms. The highest BCUT2D eigenvalue weighted by Crippen LogP contribution is 2.13. The van der Waals surface area contributed by atoms with Crippen LogP contribution in [0.3, 0.4) is 0 Å². The van der Waals surface area contributed by atoms with Gasteiger partial charge in [0.2, 0.25) is 0 Å². The molecule has 0 bridgehead atoms. The van der Waals surface area contributed by atoms with Crippen molar-refractivity contribution >= 4 is 11.9 Å². The van der Waals surface area contributed by atoms with Gasteiger partial charge in [-0.1, -0.05) is 43.3 Å². The smallest absolute Gasteiger partial charge is 0.162 e. The van der Waals surface area contributed by atoms with Crippen molar-refractivity contribution in [2.75, 3.05) is 0 Å². The summed E-state index contributed by atoms with van der Waals surface area (Å²) in [6.45, 7) is 3.33. The molecule has 80 valence electrons. The average Bonchev–Trinajstić information content (AvgIpc) is 2.26. The van der Waals surface area contributed by atoms with Gasteiger partial charge in [0.05, 0.1) is 0 Å². The summed E-state index contributed by atoms with van der Waals surface area (Å²) in [6, 6.07) is 9.69. The highest BCUT2D eigenvalue weighted by atomic mass is 16.3. The Morgan fingerprint density at radius 1 is 1.40 bits per heavy atom. The Labute approximate surface area is 90.3 Å². The standard InChI is InChI=1S/C13H16O2/c1-3-12(13(15)10(2)14)9-11-7-5-4-6-8-11/h4-9,13,15H,3H2,1-2H3. The highest BCUT2D eigenvalue weighted by molar-refractivity contribution is 5.84. The summed E-state index contributed by atoms with van der Waals surface area (Å²) in [5, 5.41) is 9.63. The summed E-state index contributed by atoms with van der Waals surface area (Å²) in [4.78, 5) is 11.0. The van der Waals surface area contributed by atoms with Crippen LogP contribution in [0.5, 0.6) is 0 Å². The fourth-order valence-corrected chi connectivity index (χ4v) is 1.40. The van der Waals surface area contributed by atoms with Crippen LogP contribution in [0, 0.1) is 0 Å². The van der Waals surface area contributed by atoms with Crippen LogP contribution in [0.15, 0.2) is 35.9 Å². The molecule has 0 saturated carbocycles. The third-order valence-electron chi connectivity index (χ3n) is 2.30. The minimum absolute atomic E-state index is 0.209. The Morgan fingerprint density at radius 3 is 2.47 bits per heavy atom. The van der Waals surface area contributed by atoms with Crippen LogP contribution in [-0.4, -0.2) is 17.0 Å². The van der Waals surface area contributed by atoms with Crippen LogP contribution in [0.25, 0.3) is 6.08 Å². The fraction of sp³-hybridized carbons (Fsp3) is 0.308. The maximum atomic E-state index is 11.0. The predicted molar refractivity (Wildman–Crippen MR) is 61.4 cm³/mol. The molecule has 1 atom stereocenters. The minimum Gasteiger partial charge on any atom is -0.381 e. The molecule has 0 aliphatic rings. The van der Waals surface area contributed by atoms with Gasteiger partial charge in [0, 0.05) is 0 Å². The van der Waals surface area contributed by atoms with Gasteiger partial charge in [0.1, 0.15) is 6.10 Å². The summed E-state index contributed by atoms with van der Waals surface area (Å²) in [6.07, 6.45) is 1.58. The third kappa shape index (κ3) is 3.33. The maximum absolute atomic E-state index is 11.0. The zero-order valence-corrected chi connectivity index (χ0v) is 9.10. The number of hydrogen-bond donors (Lipinski definition) is 1. The number of carbonyl (C=O) groups is 1.